The van der Waals surface area contributed by atoms with Crippen LogP contribution in [0.1, 0.15) is 5.56 Å². The number of benzene rings is 1. The van der Waals surface area contributed by atoms with Gasteiger partial charge in [0.15, 0.2) is 0 Å². The molecule has 0 spiro atoms. The van der Waals surface area contributed by atoms with Crippen molar-refractivity contribution in [2.75, 3.05) is 14.1 Å². The summed E-state index contributed by atoms with van der Waals surface area (Å²) < 4.78 is 1.13. The zero-order valence-corrected chi connectivity index (χ0v) is 8.35. The smallest absolute Gasteiger partial charge is 0.0238 e. The molecule has 0 N–H and O–H groups in total. The molecule has 0 aromatic heterocycles. The van der Waals surface area contributed by atoms with Crippen molar-refractivity contribution in [2.24, 2.45) is 0 Å². The van der Waals surface area contributed by atoms with Crippen LogP contribution in [0.2, 0.25) is 0 Å². The number of hydrogen-bond acceptors (Lipinski definition) is 1. The third-order valence-electron chi connectivity index (χ3n) is 1.38. The lowest BCUT2D eigenvalue weighted by Crippen LogP contribution is -2.10. The van der Waals surface area contributed by atoms with Crippen LogP contribution in [0.5, 0.6) is 0 Å². The van der Waals surface area contributed by atoms with E-state index >= 15 is 0 Å². The number of halogens is 1. The van der Waals surface area contributed by atoms with Gasteiger partial charge in [-0.25, -0.2) is 0 Å². The summed E-state index contributed by atoms with van der Waals surface area (Å²) in [4.78, 5) is 2.14. The van der Waals surface area contributed by atoms with E-state index in [9.17, 15) is 0 Å². The average Bonchev–Trinajstić information content (AvgIpc) is 1.93. The molecule has 0 bridgehead atoms. The summed E-state index contributed by atoms with van der Waals surface area (Å²) in [7, 11) is 4.12. The van der Waals surface area contributed by atoms with E-state index in [2.05, 4.69) is 47.1 Å². The maximum atomic E-state index is 3.47. The summed E-state index contributed by atoms with van der Waals surface area (Å²) in [5.41, 5.74) is 1.30. The molecular weight excluding hydrogens is 202 g/mol. The van der Waals surface area contributed by atoms with Gasteiger partial charge in [-0.05, 0) is 31.8 Å². The van der Waals surface area contributed by atoms with Crippen LogP contribution in [0.3, 0.4) is 0 Å². The van der Waals surface area contributed by atoms with E-state index in [1.54, 1.807) is 0 Å². The molecule has 1 nitrogen and oxygen atoms in total. The zero-order chi connectivity index (χ0) is 8.27. The summed E-state index contributed by atoms with van der Waals surface area (Å²) in [6.45, 7) is 0.968. The molecule has 0 saturated carbocycles. The molecule has 11 heavy (non-hydrogen) atoms. The average molecular weight is 213 g/mol. The molecule has 1 aromatic carbocycles. The molecule has 2 heteroatoms. The van der Waals surface area contributed by atoms with Crippen molar-refractivity contribution in [3.05, 3.63) is 34.3 Å². The predicted molar refractivity (Wildman–Crippen MR) is 50.4 cm³/mol. The van der Waals surface area contributed by atoms with Crippen molar-refractivity contribution in [3.8, 4) is 0 Å². The van der Waals surface area contributed by atoms with Crippen molar-refractivity contribution in [3.63, 3.8) is 0 Å². The fraction of sp³-hybridized carbons (Fsp3) is 0.333. The number of nitrogens with zero attached hydrogens (tertiary/aromatic N) is 1. The monoisotopic (exact) mass is 212 g/mol. The molecule has 1 aromatic rings. The molecule has 1 radical (unpaired) electrons. The molecule has 0 amide bonds. The van der Waals surface area contributed by atoms with Crippen molar-refractivity contribution >= 4 is 15.9 Å². The maximum absolute atomic E-state index is 3.47. The normalized spacial score (nSPS) is 10.5. The molecule has 59 valence electrons. The SMILES string of the molecule is CN(C)Cc1cc[c]cc1Br. The third kappa shape index (κ3) is 2.64. The van der Waals surface area contributed by atoms with Crippen molar-refractivity contribution in [1.82, 2.24) is 4.90 Å². The lowest BCUT2D eigenvalue weighted by Gasteiger charge is -2.10. The summed E-state index contributed by atoms with van der Waals surface area (Å²) in [6.07, 6.45) is 0. The van der Waals surface area contributed by atoms with Crippen LogP contribution in [0.15, 0.2) is 22.7 Å². The highest BCUT2D eigenvalue weighted by molar-refractivity contribution is 9.10. The standard InChI is InChI=1S/C9H11BrN/c1-11(2)7-8-5-3-4-6-9(8)10/h3,5-6H,7H2,1-2H3. The van der Waals surface area contributed by atoms with Crippen molar-refractivity contribution < 1.29 is 0 Å². The molecule has 1 rings (SSSR count). The Bertz CT molecular complexity index is 233. The fourth-order valence-corrected chi connectivity index (χ4v) is 1.30. The highest BCUT2D eigenvalue weighted by Gasteiger charge is 1.98. The van der Waals surface area contributed by atoms with Crippen LogP contribution in [-0.2, 0) is 6.54 Å². The topological polar surface area (TPSA) is 3.24 Å². The largest absolute Gasteiger partial charge is 0.305 e. The van der Waals surface area contributed by atoms with Gasteiger partial charge in [-0.2, -0.15) is 0 Å². The minimum Gasteiger partial charge on any atom is -0.305 e. The first-order valence-corrected chi connectivity index (χ1v) is 4.28. The van der Waals surface area contributed by atoms with Crippen LogP contribution >= 0.6 is 15.9 Å². The summed E-state index contributed by atoms with van der Waals surface area (Å²) in [6, 6.07) is 8.96. The Hall–Kier alpha value is -0.340. The van der Waals surface area contributed by atoms with Crippen LogP contribution in [0, 0.1) is 6.07 Å². The first kappa shape index (κ1) is 8.75. The van der Waals surface area contributed by atoms with Gasteiger partial charge in [-0.3, -0.25) is 0 Å². The van der Waals surface area contributed by atoms with Crippen LogP contribution in [0.25, 0.3) is 0 Å². The Balaban J connectivity index is 2.78. The van der Waals surface area contributed by atoms with Gasteiger partial charge in [0, 0.05) is 11.0 Å². The summed E-state index contributed by atoms with van der Waals surface area (Å²) in [5, 5.41) is 0. The minimum atomic E-state index is 0.968. The third-order valence-corrected chi connectivity index (χ3v) is 2.12. The number of hydrogen-bond donors (Lipinski definition) is 0. The van der Waals surface area contributed by atoms with E-state index in [1.807, 2.05) is 12.1 Å². The molecule has 0 saturated heterocycles. The lowest BCUT2D eigenvalue weighted by molar-refractivity contribution is 0.401. The van der Waals surface area contributed by atoms with E-state index in [0.29, 0.717) is 0 Å². The second kappa shape index (κ2) is 3.88. The first-order chi connectivity index (χ1) is 5.20. The van der Waals surface area contributed by atoms with Gasteiger partial charge in [0.05, 0.1) is 0 Å². The van der Waals surface area contributed by atoms with Gasteiger partial charge < -0.3 is 4.90 Å². The van der Waals surface area contributed by atoms with E-state index in [0.717, 1.165) is 11.0 Å². The second-order valence-corrected chi connectivity index (χ2v) is 3.61. The Kier molecular flexibility index (Phi) is 3.09. The predicted octanol–water partition coefficient (Wildman–Crippen LogP) is 2.31. The second-order valence-electron chi connectivity index (χ2n) is 2.76. The highest BCUT2D eigenvalue weighted by Crippen LogP contribution is 2.16. The Morgan fingerprint density at radius 1 is 1.55 bits per heavy atom. The molecule has 0 heterocycles. The van der Waals surface area contributed by atoms with Gasteiger partial charge in [0.1, 0.15) is 0 Å². The van der Waals surface area contributed by atoms with E-state index in [1.165, 1.54) is 5.56 Å². The molecular formula is C9H11BrN. The molecule has 0 aliphatic heterocycles. The van der Waals surface area contributed by atoms with Crippen molar-refractivity contribution in [1.29, 1.82) is 0 Å². The minimum absolute atomic E-state index is 0.968. The van der Waals surface area contributed by atoms with E-state index in [-0.39, 0.29) is 0 Å². The highest BCUT2D eigenvalue weighted by atomic mass is 79.9. The van der Waals surface area contributed by atoms with Crippen molar-refractivity contribution in [2.45, 2.75) is 6.54 Å². The van der Waals surface area contributed by atoms with Crippen LogP contribution in [-0.4, -0.2) is 19.0 Å². The molecule has 0 aliphatic carbocycles. The number of rotatable bonds is 2. The zero-order valence-electron chi connectivity index (χ0n) is 6.76. The Morgan fingerprint density at radius 3 is 2.82 bits per heavy atom. The Labute approximate surface area is 76.2 Å². The van der Waals surface area contributed by atoms with Gasteiger partial charge in [0.25, 0.3) is 0 Å². The maximum Gasteiger partial charge on any atom is 0.0238 e. The Morgan fingerprint density at radius 2 is 2.27 bits per heavy atom. The lowest BCUT2D eigenvalue weighted by atomic mass is 10.2. The molecule has 0 fully saturated rings. The summed E-state index contributed by atoms with van der Waals surface area (Å²) >= 11 is 3.47. The molecule has 0 unspecified atom stereocenters. The fourth-order valence-electron chi connectivity index (χ4n) is 0.911. The quantitative estimate of drug-likeness (QED) is 0.728. The van der Waals surface area contributed by atoms with Crippen LogP contribution < -0.4 is 0 Å². The van der Waals surface area contributed by atoms with Crippen LogP contribution in [0.4, 0.5) is 0 Å². The molecule has 0 atom stereocenters. The van der Waals surface area contributed by atoms with Gasteiger partial charge in [0.2, 0.25) is 0 Å². The van der Waals surface area contributed by atoms with Gasteiger partial charge in [-0.15, -0.1) is 0 Å². The van der Waals surface area contributed by atoms with E-state index in [4.69, 9.17) is 0 Å². The summed E-state index contributed by atoms with van der Waals surface area (Å²) in [5.74, 6) is 0. The van der Waals surface area contributed by atoms with Gasteiger partial charge >= 0.3 is 0 Å². The van der Waals surface area contributed by atoms with Gasteiger partial charge in [-0.1, -0.05) is 28.1 Å². The molecule has 0 aliphatic rings. The van der Waals surface area contributed by atoms with E-state index < -0.39 is 0 Å². The first-order valence-electron chi connectivity index (χ1n) is 3.49.